The second-order valence-electron chi connectivity index (χ2n) is 11.9. The Balaban J connectivity index is 1.54. The molecule has 0 aliphatic heterocycles. The number of nitrogens with one attached hydrogen (secondary N) is 1. The first-order valence-corrected chi connectivity index (χ1v) is 14.2. The molecule has 3 atom stereocenters. The molecule has 1 aromatic heterocycles. The smallest absolute Gasteiger partial charge is 0.346 e. The molecule has 0 saturated heterocycles. The van der Waals surface area contributed by atoms with Crippen LogP contribution in [0.2, 0.25) is 0 Å². The zero-order valence-corrected chi connectivity index (χ0v) is 25.7. The summed E-state index contributed by atoms with van der Waals surface area (Å²) in [7, 11) is 1.35. The van der Waals surface area contributed by atoms with Gasteiger partial charge < -0.3 is 19.4 Å². The molecule has 1 heterocycles. The van der Waals surface area contributed by atoms with Gasteiger partial charge in [-0.05, 0) is 92.6 Å². The average molecular weight is 555 g/mol. The third-order valence-electron chi connectivity index (χ3n) is 8.05. The number of aryl methyl sites for hydroxylation is 1. The molecule has 0 fully saturated rings. The van der Waals surface area contributed by atoms with Crippen LogP contribution < -0.4 is 10.1 Å². The van der Waals surface area contributed by atoms with Crippen molar-refractivity contribution in [1.82, 2.24) is 9.88 Å². The Hall–Kier alpha value is -4.06. The van der Waals surface area contributed by atoms with Gasteiger partial charge in [0, 0.05) is 22.2 Å². The largest absolute Gasteiger partial charge is 0.479 e. The van der Waals surface area contributed by atoms with Gasteiger partial charge in [0.2, 0.25) is 0 Å². The third-order valence-corrected chi connectivity index (χ3v) is 8.05. The lowest BCUT2D eigenvalue weighted by atomic mass is 9.86. The number of amides is 1. The summed E-state index contributed by atoms with van der Waals surface area (Å²) in [4.78, 5) is 25.0. The van der Waals surface area contributed by atoms with E-state index in [0.717, 1.165) is 33.3 Å². The fourth-order valence-corrected chi connectivity index (χ4v) is 5.27. The molecule has 6 heteroatoms. The van der Waals surface area contributed by atoms with Crippen LogP contribution in [0.5, 0.6) is 5.75 Å². The molecule has 0 bridgehead atoms. The third kappa shape index (κ3) is 6.32. The van der Waals surface area contributed by atoms with E-state index in [1.54, 1.807) is 6.92 Å². The van der Waals surface area contributed by atoms with Crippen LogP contribution in [0.1, 0.15) is 91.9 Å². The fourth-order valence-electron chi connectivity index (χ4n) is 5.27. The van der Waals surface area contributed by atoms with Gasteiger partial charge in [-0.3, -0.25) is 4.79 Å². The molecule has 0 radical (unpaired) electrons. The van der Waals surface area contributed by atoms with Crippen LogP contribution in [0, 0.1) is 13.8 Å². The van der Waals surface area contributed by atoms with Crippen molar-refractivity contribution in [3.8, 4) is 5.75 Å². The van der Waals surface area contributed by atoms with Crippen molar-refractivity contribution in [2.45, 2.75) is 79.0 Å². The first kappa shape index (κ1) is 29.9. The van der Waals surface area contributed by atoms with Crippen molar-refractivity contribution in [1.29, 1.82) is 0 Å². The normalized spacial score (nSPS) is 13.9. The first-order valence-electron chi connectivity index (χ1n) is 14.2. The Bertz CT molecular complexity index is 1540. The number of methoxy groups -OCH3 is 1. The van der Waals surface area contributed by atoms with Gasteiger partial charge in [0.15, 0.2) is 6.10 Å². The van der Waals surface area contributed by atoms with Gasteiger partial charge in [-0.2, -0.15) is 0 Å². The minimum absolute atomic E-state index is 0.0500. The fraction of sp³-hybridized carbons (Fsp3) is 0.371. The number of hydrogen-bond donors (Lipinski definition) is 1. The Morgan fingerprint density at radius 1 is 0.854 bits per heavy atom. The molecular formula is C35H42N2O4. The van der Waals surface area contributed by atoms with Crippen LogP contribution in [0.3, 0.4) is 0 Å². The van der Waals surface area contributed by atoms with Gasteiger partial charge >= 0.3 is 5.97 Å². The Labute approximate surface area is 243 Å². The van der Waals surface area contributed by atoms with Crippen LogP contribution in [-0.2, 0) is 14.9 Å². The minimum Gasteiger partial charge on any atom is -0.479 e. The Morgan fingerprint density at radius 2 is 1.46 bits per heavy atom. The summed E-state index contributed by atoms with van der Waals surface area (Å²) >= 11 is 0. The number of fused-ring (bicyclic) bond motifs is 1. The van der Waals surface area contributed by atoms with E-state index in [2.05, 4.69) is 75.7 Å². The summed E-state index contributed by atoms with van der Waals surface area (Å²) in [6.07, 6.45) is -0.676. The summed E-state index contributed by atoms with van der Waals surface area (Å²) in [6, 6.07) is 22.1. The number of nitrogens with zero attached hydrogens (tertiary/aromatic N) is 1. The SMILES string of the molecule is COC(=O)C(C)Oc1ccc(C(C)n2c(C)c(C)c3cc(C(=O)N[C@@H](C)c4ccc(C(C)(C)C)cc4)ccc32)cc1. The molecule has 0 aliphatic rings. The van der Waals surface area contributed by atoms with E-state index in [0.29, 0.717) is 11.3 Å². The maximum absolute atomic E-state index is 13.3. The molecule has 2 unspecified atom stereocenters. The summed E-state index contributed by atoms with van der Waals surface area (Å²) in [5.41, 5.74) is 7.57. The second-order valence-corrected chi connectivity index (χ2v) is 11.9. The van der Waals surface area contributed by atoms with Crippen molar-refractivity contribution in [2.24, 2.45) is 0 Å². The molecule has 0 aliphatic carbocycles. The molecule has 41 heavy (non-hydrogen) atoms. The molecule has 216 valence electrons. The van der Waals surface area contributed by atoms with Gasteiger partial charge in [0.1, 0.15) is 5.75 Å². The molecule has 4 aromatic rings. The van der Waals surface area contributed by atoms with Crippen LogP contribution >= 0.6 is 0 Å². The highest BCUT2D eigenvalue weighted by Crippen LogP contribution is 2.33. The second kappa shape index (κ2) is 11.8. The number of hydrogen-bond acceptors (Lipinski definition) is 4. The molecule has 0 saturated carbocycles. The van der Waals surface area contributed by atoms with E-state index in [4.69, 9.17) is 9.47 Å². The Kier molecular flexibility index (Phi) is 8.62. The zero-order valence-electron chi connectivity index (χ0n) is 25.7. The maximum atomic E-state index is 13.3. The number of carbonyl (C=O) groups is 2. The number of esters is 1. The molecule has 1 amide bonds. The lowest BCUT2D eigenvalue weighted by Gasteiger charge is -2.21. The highest BCUT2D eigenvalue weighted by Gasteiger charge is 2.21. The minimum atomic E-state index is -0.676. The maximum Gasteiger partial charge on any atom is 0.346 e. The molecule has 6 nitrogen and oxygen atoms in total. The van der Waals surface area contributed by atoms with Gasteiger partial charge in [0.25, 0.3) is 5.91 Å². The number of ether oxygens (including phenoxy) is 2. The van der Waals surface area contributed by atoms with Crippen molar-refractivity contribution in [2.75, 3.05) is 7.11 Å². The van der Waals surface area contributed by atoms with Crippen molar-refractivity contribution in [3.05, 3.63) is 100 Å². The monoisotopic (exact) mass is 554 g/mol. The predicted octanol–water partition coefficient (Wildman–Crippen LogP) is 7.60. The lowest BCUT2D eigenvalue weighted by Crippen LogP contribution is -2.26. The summed E-state index contributed by atoms with van der Waals surface area (Å²) in [6.45, 7) is 16.7. The van der Waals surface area contributed by atoms with E-state index in [1.165, 1.54) is 12.7 Å². The molecule has 1 N–H and O–H groups in total. The molecule has 0 spiro atoms. The van der Waals surface area contributed by atoms with Gasteiger partial charge in [-0.15, -0.1) is 0 Å². The van der Waals surface area contributed by atoms with E-state index >= 15 is 0 Å². The Morgan fingerprint density at radius 3 is 2.05 bits per heavy atom. The predicted molar refractivity (Wildman–Crippen MR) is 165 cm³/mol. The van der Waals surface area contributed by atoms with Crippen molar-refractivity contribution in [3.63, 3.8) is 0 Å². The number of benzene rings is 3. The highest BCUT2D eigenvalue weighted by atomic mass is 16.6. The van der Waals surface area contributed by atoms with Crippen LogP contribution in [-0.4, -0.2) is 29.7 Å². The van der Waals surface area contributed by atoms with Gasteiger partial charge in [0.05, 0.1) is 19.2 Å². The number of rotatable bonds is 8. The van der Waals surface area contributed by atoms with Gasteiger partial charge in [-0.25, -0.2) is 4.79 Å². The van der Waals surface area contributed by atoms with Crippen molar-refractivity contribution < 1.29 is 19.1 Å². The van der Waals surface area contributed by atoms with E-state index in [1.807, 2.05) is 49.4 Å². The van der Waals surface area contributed by atoms with E-state index in [-0.39, 0.29) is 23.4 Å². The number of aromatic nitrogens is 1. The molecule has 3 aromatic carbocycles. The van der Waals surface area contributed by atoms with E-state index in [9.17, 15) is 9.59 Å². The average Bonchev–Trinajstić information content (AvgIpc) is 3.20. The topological polar surface area (TPSA) is 69.6 Å². The van der Waals surface area contributed by atoms with Crippen LogP contribution in [0.25, 0.3) is 10.9 Å². The lowest BCUT2D eigenvalue weighted by molar-refractivity contribution is -0.147. The summed E-state index contributed by atoms with van der Waals surface area (Å²) in [5.74, 6) is 0.109. The standard InChI is InChI=1S/C35H42N2O4/c1-21-23(3)37(24(4)27-12-17-30(18-13-27)41-25(5)34(39)40-9)32-19-14-28(20-31(21)32)33(38)36-22(2)26-10-15-29(16-11-26)35(6,7)8/h10-20,22,24-25H,1-9H3,(H,36,38)/t22-,24?,25?/m0/s1. The van der Waals surface area contributed by atoms with Crippen molar-refractivity contribution >= 4 is 22.8 Å². The van der Waals surface area contributed by atoms with Crippen LogP contribution in [0.4, 0.5) is 0 Å². The summed E-state index contributed by atoms with van der Waals surface area (Å²) < 4.78 is 12.7. The quantitative estimate of drug-likeness (QED) is 0.228. The highest BCUT2D eigenvalue weighted by molar-refractivity contribution is 5.99. The van der Waals surface area contributed by atoms with Gasteiger partial charge in [-0.1, -0.05) is 57.2 Å². The summed E-state index contributed by atoms with van der Waals surface area (Å²) in [5, 5.41) is 4.23. The molecular weight excluding hydrogens is 512 g/mol. The van der Waals surface area contributed by atoms with E-state index < -0.39 is 12.1 Å². The molecule has 4 rings (SSSR count). The zero-order chi connectivity index (χ0) is 30.1. The first-order chi connectivity index (χ1) is 19.3. The van der Waals surface area contributed by atoms with Crippen LogP contribution in [0.15, 0.2) is 66.7 Å². The number of carbonyl (C=O) groups excluding carboxylic acids is 2.